The Morgan fingerprint density at radius 3 is 2.73 bits per heavy atom. The molecule has 1 saturated heterocycles. The van der Waals surface area contributed by atoms with Crippen molar-refractivity contribution in [3.63, 3.8) is 0 Å². The molecule has 4 rings (SSSR count). The summed E-state index contributed by atoms with van der Waals surface area (Å²) < 4.78 is 1.86. The van der Waals surface area contributed by atoms with E-state index in [2.05, 4.69) is 10.3 Å². The minimum Gasteiger partial charge on any atom is -0.334 e. The van der Waals surface area contributed by atoms with Crippen LogP contribution in [0.1, 0.15) is 16.4 Å². The van der Waals surface area contributed by atoms with Gasteiger partial charge in [0.05, 0.1) is 17.8 Å². The van der Waals surface area contributed by atoms with Gasteiger partial charge in [-0.15, -0.1) is 5.10 Å². The normalized spacial score (nSPS) is 14.8. The second kappa shape index (κ2) is 5.38. The molecule has 0 atom stereocenters. The van der Waals surface area contributed by atoms with Crippen molar-refractivity contribution in [1.82, 2.24) is 19.9 Å². The summed E-state index contributed by atoms with van der Waals surface area (Å²) in [6.45, 7) is 1.37. The number of rotatable bonds is 3. The highest BCUT2D eigenvalue weighted by Crippen LogP contribution is 2.25. The Balaban J connectivity index is 1.43. The average Bonchev–Trinajstić information content (AvgIpc) is 3.18. The molecule has 0 unspecified atom stereocenters. The fourth-order valence-corrected chi connectivity index (χ4v) is 3.18. The molecule has 1 aromatic carbocycles. The fraction of sp³-hybridized carbons (Fsp3) is 0.188. The van der Waals surface area contributed by atoms with E-state index in [1.54, 1.807) is 11.3 Å². The first-order valence-corrected chi connectivity index (χ1v) is 8.04. The van der Waals surface area contributed by atoms with Gasteiger partial charge in [-0.2, -0.15) is 11.3 Å². The van der Waals surface area contributed by atoms with Gasteiger partial charge in [0.2, 0.25) is 0 Å². The lowest BCUT2D eigenvalue weighted by Gasteiger charge is -2.38. The third-order valence-corrected chi connectivity index (χ3v) is 4.55. The number of thiophene rings is 1. The van der Waals surface area contributed by atoms with Crippen LogP contribution in [0.2, 0.25) is 0 Å². The van der Waals surface area contributed by atoms with E-state index in [0.29, 0.717) is 13.1 Å². The minimum absolute atomic E-state index is 0.0981. The number of nitrogens with zero attached hydrogens (tertiary/aromatic N) is 4. The van der Waals surface area contributed by atoms with Crippen molar-refractivity contribution < 1.29 is 4.79 Å². The maximum absolute atomic E-state index is 12.2. The molecule has 0 aliphatic carbocycles. The van der Waals surface area contributed by atoms with Gasteiger partial charge >= 0.3 is 0 Å². The van der Waals surface area contributed by atoms with E-state index in [1.807, 2.05) is 62.9 Å². The van der Waals surface area contributed by atoms with Crippen molar-refractivity contribution >= 4 is 17.2 Å². The summed E-state index contributed by atoms with van der Waals surface area (Å²) in [6, 6.07) is 12.1. The summed E-state index contributed by atoms with van der Waals surface area (Å²) in [6.07, 6.45) is 1.95. The van der Waals surface area contributed by atoms with Gasteiger partial charge in [-0.05, 0) is 11.4 Å². The molecule has 0 saturated carbocycles. The zero-order chi connectivity index (χ0) is 14.9. The molecule has 3 heterocycles. The zero-order valence-corrected chi connectivity index (χ0v) is 12.6. The third kappa shape index (κ3) is 2.31. The number of hydrogen-bond acceptors (Lipinski definition) is 4. The van der Waals surface area contributed by atoms with Gasteiger partial charge < -0.3 is 4.90 Å². The summed E-state index contributed by atoms with van der Waals surface area (Å²) in [5, 5.41) is 12.2. The summed E-state index contributed by atoms with van der Waals surface area (Å²) in [5.74, 6) is 0.0981. The molecule has 22 heavy (non-hydrogen) atoms. The van der Waals surface area contributed by atoms with E-state index in [1.165, 1.54) is 0 Å². The number of hydrogen-bond donors (Lipinski definition) is 0. The van der Waals surface area contributed by atoms with Crippen LogP contribution in [0.5, 0.6) is 0 Å². The van der Waals surface area contributed by atoms with Gasteiger partial charge in [-0.25, -0.2) is 4.68 Å². The standard InChI is InChI=1S/C16H14N4OS/c21-16(13-6-7-22-11-13)19-8-14(9-19)20-10-15(17-18-20)12-4-2-1-3-5-12/h1-7,10-11,14H,8-9H2. The molecular weight excluding hydrogens is 296 g/mol. The summed E-state index contributed by atoms with van der Waals surface area (Å²) in [4.78, 5) is 14.0. The van der Waals surface area contributed by atoms with E-state index in [0.717, 1.165) is 16.8 Å². The lowest BCUT2D eigenvalue weighted by molar-refractivity contribution is 0.0499. The van der Waals surface area contributed by atoms with Gasteiger partial charge in [0.1, 0.15) is 5.69 Å². The molecule has 2 aromatic heterocycles. The van der Waals surface area contributed by atoms with Gasteiger partial charge in [-0.3, -0.25) is 4.79 Å². The highest BCUT2D eigenvalue weighted by molar-refractivity contribution is 7.08. The number of carbonyl (C=O) groups excluding carboxylic acids is 1. The molecule has 0 spiro atoms. The van der Waals surface area contributed by atoms with E-state index < -0.39 is 0 Å². The average molecular weight is 310 g/mol. The quantitative estimate of drug-likeness (QED) is 0.747. The van der Waals surface area contributed by atoms with Gasteiger partial charge in [0.25, 0.3) is 5.91 Å². The van der Waals surface area contributed by atoms with Crippen LogP contribution >= 0.6 is 11.3 Å². The van der Waals surface area contributed by atoms with Gasteiger partial charge in [0, 0.05) is 24.0 Å². The maximum atomic E-state index is 12.2. The molecule has 6 heteroatoms. The lowest BCUT2D eigenvalue weighted by Crippen LogP contribution is -2.50. The van der Waals surface area contributed by atoms with Crippen LogP contribution in [-0.4, -0.2) is 38.9 Å². The summed E-state index contributed by atoms with van der Waals surface area (Å²) in [7, 11) is 0. The molecule has 1 amide bonds. The van der Waals surface area contributed by atoms with Crippen molar-refractivity contribution in [3.8, 4) is 11.3 Å². The number of amides is 1. The van der Waals surface area contributed by atoms with Crippen molar-refractivity contribution in [1.29, 1.82) is 0 Å². The number of aromatic nitrogens is 3. The van der Waals surface area contributed by atoms with E-state index in [4.69, 9.17) is 0 Å². The smallest absolute Gasteiger partial charge is 0.254 e. The second-order valence-electron chi connectivity index (χ2n) is 5.33. The molecule has 0 bridgehead atoms. The number of likely N-dealkylation sites (tertiary alicyclic amines) is 1. The SMILES string of the molecule is O=C(c1ccsc1)N1CC(n2cc(-c3ccccc3)nn2)C1. The predicted molar refractivity (Wildman–Crippen MR) is 84.7 cm³/mol. The van der Waals surface area contributed by atoms with Crippen molar-refractivity contribution in [2.75, 3.05) is 13.1 Å². The highest BCUT2D eigenvalue weighted by Gasteiger charge is 2.33. The molecule has 3 aromatic rings. The number of carbonyl (C=O) groups is 1. The Hall–Kier alpha value is -2.47. The van der Waals surface area contributed by atoms with E-state index >= 15 is 0 Å². The third-order valence-electron chi connectivity index (χ3n) is 3.87. The predicted octanol–water partition coefficient (Wildman–Crippen LogP) is 2.70. The minimum atomic E-state index is 0.0981. The molecule has 110 valence electrons. The Labute approximate surface area is 131 Å². The Bertz CT molecular complexity index is 776. The molecule has 1 aliphatic heterocycles. The number of benzene rings is 1. The fourth-order valence-electron chi connectivity index (χ4n) is 2.55. The zero-order valence-electron chi connectivity index (χ0n) is 11.8. The largest absolute Gasteiger partial charge is 0.334 e. The van der Waals surface area contributed by atoms with Crippen molar-refractivity contribution in [3.05, 3.63) is 58.9 Å². The first kappa shape index (κ1) is 13.2. The van der Waals surface area contributed by atoms with Crippen LogP contribution in [0.25, 0.3) is 11.3 Å². The molecule has 0 radical (unpaired) electrons. The highest BCUT2D eigenvalue weighted by atomic mass is 32.1. The van der Waals surface area contributed by atoms with Crippen LogP contribution in [-0.2, 0) is 0 Å². The van der Waals surface area contributed by atoms with Crippen LogP contribution in [0.4, 0.5) is 0 Å². The van der Waals surface area contributed by atoms with Crippen LogP contribution < -0.4 is 0 Å². The molecule has 1 fully saturated rings. The van der Waals surface area contributed by atoms with E-state index in [9.17, 15) is 4.79 Å². The molecule has 5 nitrogen and oxygen atoms in total. The topological polar surface area (TPSA) is 51.0 Å². The maximum Gasteiger partial charge on any atom is 0.254 e. The Morgan fingerprint density at radius 2 is 2.00 bits per heavy atom. The Morgan fingerprint density at radius 1 is 1.18 bits per heavy atom. The monoisotopic (exact) mass is 310 g/mol. The molecule has 0 N–H and O–H groups in total. The van der Waals surface area contributed by atoms with Gasteiger partial charge in [0.15, 0.2) is 0 Å². The van der Waals surface area contributed by atoms with Crippen LogP contribution in [0, 0.1) is 0 Å². The molecular formula is C16H14N4OS. The van der Waals surface area contributed by atoms with E-state index in [-0.39, 0.29) is 11.9 Å². The lowest BCUT2D eigenvalue weighted by atomic mass is 10.1. The first-order valence-electron chi connectivity index (χ1n) is 7.10. The van der Waals surface area contributed by atoms with Gasteiger partial charge in [-0.1, -0.05) is 35.5 Å². The van der Waals surface area contributed by atoms with Crippen LogP contribution in [0.15, 0.2) is 53.4 Å². The van der Waals surface area contributed by atoms with Crippen LogP contribution in [0.3, 0.4) is 0 Å². The first-order chi connectivity index (χ1) is 10.8. The Kier molecular flexibility index (Phi) is 3.23. The molecule has 1 aliphatic rings. The van der Waals surface area contributed by atoms with Crippen molar-refractivity contribution in [2.45, 2.75) is 6.04 Å². The second-order valence-corrected chi connectivity index (χ2v) is 6.11. The summed E-state index contributed by atoms with van der Waals surface area (Å²) >= 11 is 1.54. The summed E-state index contributed by atoms with van der Waals surface area (Å²) in [5.41, 5.74) is 2.69. The van der Waals surface area contributed by atoms with Crippen molar-refractivity contribution in [2.24, 2.45) is 0 Å².